The van der Waals surface area contributed by atoms with Crippen molar-refractivity contribution in [2.45, 2.75) is 19.3 Å². The molecule has 1 aromatic carbocycles. The van der Waals surface area contributed by atoms with E-state index < -0.39 is 0 Å². The summed E-state index contributed by atoms with van der Waals surface area (Å²) in [6.07, 6.45) is 5.16. The third-order valence-corrected chi connectivity index (χ3v) is 2.75. The van der Waals surface area contributed by atoms with Crippen molar-refractivity contribution in [3.63, 3.8) is 0 Å². The van der Waals surface area contributed by atoms with Gasteiger partial charge >= 0.3 is 5.97 Å². The van der Waals surface area contributed by atoms with Gasteiger partial charge in [0.25, 0.3) is 0 Å². The second-order valence-electron chi connectivity index (χ2n) is 4.07. The molecule has 3 nitrogen and oxygen atoms in total. The molecule has 0 radical (unpaired) electrons. The van der Waals surface area contributed by atoms with Crippen molar-refractivity contribution < 1.29 is 14.3 Å². The molecule has 1 aromatic rings. The first kappa shape index (κ1) is 11.6. The molecular weight excluding hydrogens is 216 g/mol. The van der Waals surface area contributed by atoms with Gasteiger partial charge < -0.3 is 4.74 Å². The summed E-state index contributed by atoms with van der Waals surface area (Å²) < 4.78 is 5.15. The van der Waals surface area contributed by atoms with Crippen LogP contribution in [0.2, 0.25) is 0 Å². The summed E-state index contributed by atoms with van der Waals surface area (Å²) in [7, 11) is 0. The maximum atomic E-state index is 11.6. The lowest BCUT2D eigenvalue weighted by atomic mass is 9.90. The first-order valence-electron chi connectivity index (χ1n) is 5.72. The van der Waals surface area contributed by atoms with Crippen molar-refractivity contribution in [3.05, 3.63) is 42.5 Å². The van der Waals surface area contributed by atoms with Gasteiger partial charge in [-0.2, -0.15) is 0 Å². The number of hydrogen-bond donors (Lipinski definition) is 0. The summed E-state index contributed by atoms with van der Waals surface area (Å²) in [6, 6.07) is 8.90. The zero-order chi connectivity index (χ0) is 12.1. The van der Waals surface area contributed by atoms with Crippen molar-refractivity contribution >= 4 is 11.8 Å². The third-order valence-electron chi connectivity index (χ3n) is 2.75. The molecule has 0 spiro atoms. The standard InChI is InChI=1S/C14H14O3/c15-13-9-5-4-6-11(13)10-14(16)17-12-7-2-1-3-8-12/h1-3,5,7-9,11H,4,6,10H2. The molecule has 0 aromatic heterocycles. The van der Waals surface area contributed by atoms with E-state index in [4.69, 9.17) is 4.74 Å². The van der Waals surface area contributed by atoms with Crippen LogP contribution in [0, 0.1) is 5.92 Å². The number of rotatable bonds is 3. The topological polar surface area (TPSA) is 43.4 Å². The fraction of sp³-hybridized carbons (Fsp3) is 0.286. The molecule has 1 aliphatic rings. The zero-order valence-corrected chi connectivity index (χ0v) is 9.46. The van der Waals surface area contributed by atoms with Gasteiger partial charge in [-0.25, -0.2) is 0 Å². The molecule has 88 valence electrons. The molecule has 0 saturated heterocycles. The molecule has 1 unspecified atom stereocenters. The van der Waals surface area contributed by atoms with Gasteiger partial charge in [-0.3, -0.25) is 9.59 Å². The van der Waals surface area contributed by atoms with E-state index in [1.54, 1.807) is 30.3 Å². The Kier molecular flexibility index (Phi) is 3.70. The molecule has 0 N–H and O–H groups in total. The van der Waals surface area contributed by atoms with E-state index in [0.29, 0.717) is 5.75 Å². The van der Waals surface area contributed by atoms with Crippen LogP contribution >= 0.6 is 0 Å². The summed E-state index contributed by atoms with van der Waals surface area (Å²) in [4.78, 5) is 23.1. The lowest BCUT2D eigenvalue weighted by molar-refractivity contribution is -0.137. The van der Waals surface area contributed by atoms with E-state index in [9.17, 15) is 9.59 Å². The van der Waals surface area contributed by atoms with Gasteiger partial charge in [-0.15, -0.1) is 0 Å². The molecule has 17 heavy (non-hydrogen) atoms. The van der Waals surface area contributed by atoms with Crippen LogP contribution in [0.3, 0.4) is 0 Å². The van der Waals surface area contributed by atoms with Gasteiger partial charge in [-0.05, 0) is 31.1 Å². The molecule has 0 heterocycles. The minimum absolute atomic E-state index is 0.0289. The predicted octanol–water partition coefficient (Wildman–Crippen LogP) is 2.52. The highest BCUT2D eigenvalue weighted by molar-refractivity contribution is 5.94. The lowest BCUT2D eigenvalue weighted by Gasteiger charge is -2.15. The highest BCUT2D eigenvalue weighted by atomic mass is 16.5. The Labute approximate surface area is 100 Å². The van der Waals surface area contributed by atoms with Crippen molar-refractivity contribution in [2.75, 3.05) is 0 Å². The summed E-state index contributed by atoms with van der Waals surface area (Å²) in [5, 5.41) is 0. The van der Waals surface area contributed by atoms with Crippen LogP contribution in [-0.4, -0.2) is 11.8 Å². The summed E-state index contributed by atoms with van der Waals surface area (Å²) in [5.74, 6) is -0.00127. The second kappa shape index (κ2) is 5.43. The third kappa shape index (κ3) is 3.28. The SMILES string of the molecule is O=C(CC1CCC=CC1=O)Oc1ccccc1. The largest absolute Gasteiger partial charge is 0.427 e. The molecular formula is C14H14O3. The van der Waals surface area contributed by atoms with Crippen LogP contribution < -0.4 is 4.74 Å². The Morgan fingerprint density at radius 3 is 2.76 bits per heavy atom. The van der Waals surface area contributed by atoms with E-state index in [0.717, 1.165) is 12.8 Å². The minimum Gasteiger partial charge on any atom is -0.427 e. The molecule has 1 aliphatic carbocycles. The molecule has 0 aliphatic heterocycles. The minimum atomic E-state index is -0.343. The van der Waals surface area contributed by atoms with E-state index in [-0.39, 0.29) is 24.1 Å². The number of carbonyl (C=O) groups excluding carboxylic acids is 2. The molecule has 0 amide bonds. The number of benzene rings is 1. The van der Waals surface area contributed by atoms with Crippen LogP contribution in [0.15, 0.2) is 42.5 Å². The van der Waals surface area contributed by atoms with Gasteiger partial charge in [0.15, 0.2) is 5.78 Å². The molecule has 0 bridgehead atoms. The first-order chi connectivity index (χ1) is 8.25. The quantitative estimate of drug-likeness (QED) is 0.592. The van der Waals surface area contributed by atoms with Crippen molar-refractivity contribution in [2.24, 2.45) is 5.92 Å². The van der Waals surface area contributed by atoms with Gasteiger partial charge in [0.05, 0.1) is 6.42 Å². The fourth-order valence-electron chi connectivity index (χ4n) is 1.84. The average molecular weight is 230 g/mol. The van der Waals surface area contributed by atoms with E-state index in [1.807, 2.05) is 12.1 Å². The van der Waals surface area contributed by atoms with E-state index >= 15 is 0 Å². The smallest absolute Gasteiger partial charge is 0.311 e. The van der Waals surface area contributed by atoms with Gasteiger partial charge in [-0.1, -0.05) is 24.3 Å². The summed E-state index contributed by atoms with van der Waals surface area (Å²) in [6.45, 7) is 0. The van der Waals surface area contributed by atoms with E-state index in [1.165, 1.54) is 0 Å². The molecule has 1 atom stereocenters. The van der Waals surface area contributed by atoms with Crippen LogP contribution in [0.5, 0.6) is 5.75 Å². The number of hydrogen-bond acceptors (Lipinski definition) is 3. The Bertz CT molecular complexity index is 434. The molecule has 3 heteroatoms. The predicted molar refractivity (Wildman–Crippen MR) is 63.6 cm³/mol. The Morgan fingerprint density at radius 2 is 2.06 bits per heavy atom. The van der Waals surface area contributed by atoms with Gasteiger partial charge in [0, 0.05) is 5.92 Å². The number of allylic oxidation sites excluding steroid dienone is 2. The number of esters is 1. The Morgan fingerprint density at radius 1 is 1.29 bits per heavy atom. The van der Waals surface area contributed by atoms with Crippen LogP contribution in [-0.2, 0) is 9.59 Å². The van der Waals surface area contributed by atoms with Crippen molar-refractivity contribution in [3.8, 4) is 5.75 Å². The van der Waals surface area contributed by atoms with Crippen molar-refractivity contribution in [1.82, 2.24) is 0 Å². The monoisotopic (exact) mass is 230 g/mol. The lowest BCUT2D eigenvalue weighted by Crippen LogP contribution is -2.21. The Hall–Kier alpha value is -1.90. The molecule has 0 saturated carbocycles. The zero-order valence-electron chi connectivity index (χ0n) is 9.46. The Balaban J connectivity index is 1.89. The second-order valence-corrected chi connectivity index (χ2v) is 4.07. The van der Waals surface area contributed by atoms with E-state index in [2.05, 4.69) is 0 Å². The summed E-state index contributed by atoms with van der Waals surface area (Å²) in [5.41, 5.74) is 0. The normalized spacial score (nSPS) is 19.1. The number of ether oxygens (including phenoxy) is 1. The molecule has 2 rings (SSSR count). The van der Waals surface area contributed by atoms with Crippen LogP contribution in [0.1, 0.15) is 19.3 Å². The van der Waals surface area contributed by atoms with Gasteiger partial charge in [0.2, 0.25) is 0 Å². The number of carbonyl (C=O) groups is 2. The highest BCUT2D eigenvalue weighted by Crippen LogP contribution is 2.20. The fourth-order valence-corrected chi connectivity index (χ4v) is 1.84. The number of para-hydroxylation sites is 1. The summed E-state index contributed by atoms with van der Waals surface area (Å²) >= 11 is 0. The maximum Gasteiger partial charge on any atom is 0.311 e. The van der Waals surface area contributed by atoms with Crippen LogP contribution in [0.25, 0.3) is 0 Å². The van der Waals surface area contributed by atoms with Crippen LogP contribution in [0.4, 0.5) is 0 Å². The molecule has 0 fully saturated rings. The maximum absolute atomic E-state index is 11.6. The number of ketones is 1. The van der Waals surface area contributed by atoms with Crippen molar-refractivity contribution in [1.29, 1.82) is 0 Å². The average Bonchev–Trinajstić information content (AvgIpc) is 2.33. The van der Waals surface area contributed by atoms with Gasteiger partial charge in [0.1, 0.15) is 5.75 Å². The highest BCUT2D eigenvalue weighted by Gasteiger charge is 2.22. The first-order valence-corrected chi connectivity index (χ1v) is 5.72.